The van der Waals surface area contributed by atoms with E-state index in [2.05, 4.69) is 11.8 Å². The van der Waals surface area contributed by atoms with Gasteiger partial charge >= 0.3 is 5.90 Å². The number of nitrogens with zero attached hydrogens (tertiary/aromatic N) is 2. The first kappa shape index (κ1) is 19.4. The van der Waals surface area contributed by atoms with Gasteiger partial charge < -0.3 is 9.84 Å². The average molecular weight is 404 g/mol. The average Bonchev–Trinajstić information content (AvgIpc) is 3.43. The lowest BCUT2D eigenvalue weighted by Crippen LogP contribution is -2.40. The summed E-state index contributed by atoms with van der Waals surface area (Å²) < 4.78 is 22.4. The fourth-order valence-corrected chi connectivity index (χ4v) is 4.96. The Bertz CT molecular complexity index is 837. The molecule has 2 unspecified atom stereocenters. The Morgan fingerprint density at radius 3 is 2.93 bits per heavy atom. The van der Waals surface area contributed by atoms with Crippen molar-refractivity contribution in [1.29, 1.82) is 0 Å². The zero-order valence-corrected chi connectivity index (χ0v) is 17.1. The summed E-state index contributed by atoms with van der Waals surface area (Å²) in [6.45, 7) is 5.52. The summed E-state index contributed by atoms with van der Waals surface area (Å²) in [7, 11) is 0. The molecule has 0 bridgehead atoms. The number of ether oxygens (including phenoxy) is 1. The second-order valence-electron chi connectivity index (χ2n) is 7.86. The molecule has 2 aliphatic heterocycles. The standard InChI is InChI=1S/C22H27FN2O2S/c1-16-4-2-9-24(16)13-18-5-3-10-25(18)22(26)20-7-6-19(12-21(20)23)27-14-17-8-11-28-15-17/h6-8,11-12,15-16,18H,2-5,9-10,13-14H2,1H3/p+1. The Kier molecular flexibility index (Phi) is 5.97. The van der Waals surface area contributed by atoms with Gasteiger partial charge in [0.15, 0.2) is 6.04 Å². The molecular formula is C22H28FN2O2S+. The molecule has 2 aliphatic rings. The maximum absolute atomic E-state index is 14.7. The molecule has 4 rings (SSSR count). The number of hydrogen-bond donors (Lipinski definition) is 1. The van der Waals surface area contributed by atoms with E-state index >= 15 is 0 Å². The maximum atomic E-state index is 14.7. The third-order valence-electron chi connectivity index (χ3n) is 5.95. The fraction of sp³-hybridized carbons (Fsp3) is 0.500. The number of likely N-dealkylation sites (tertiary alicyclic amines) is 1. The number of hydrogen-bond acceptors (Lipinski definition) is 3. The molecule has 0 spiro atoms. The molecule has 150 valence electrons. The van der Waals surface area contributed by atoms with Gasteiger partial charge in [0.1, 0.15) is 30.3 Å². The van der Waals surface area contributed by atoms with E-state index in [0.717, 1.165) is 38.0 Å². The molecule has 2 atom stereocenters. The number of aliphatic hydroxyl groups excluding tert-OH is 1. The van der Waals surface area contributed by atoms with Crippen molar-refractivity contribution < 1.29 is 18.8 Å². The molecule has 3 heterocycles. The first-order valence-corrected chi connectivity index (χ1v) is 11.1. The Morgan fingerprint density at radius 1 is 1.32 bits per heavy atom. The largest absolute Gasteiger partial charge is 0.489 e. The number of rotatable bonds is 6. The van der Waals surface area contributed by atoms with Crippen LogP contribution in [0.2, 0.25) is 0 Å². The zero-order valence-electron chi connectivity index (χ0n) is 16.3. The highest BCUT2D eigenvalue weighted by Gasteiger charge is 2.36. The summed E-state index contributed by atoms with van der Waals surface area (Å²) in [4.78, 5) is 2.49. The lowest BCUT2D eigenvalue weighted by molar-refractivity contribution is -0.551. The molecule has 1 aromatic carbocycles. The van der Waals surface area contributed by atoms with Gasteiger partial charge in [-0.2, -0.15) is 15.9 Å². The summed E-state index contributed by atoms with van der Waals surface area (Å²) in [5, 5.41) is 14.8. The minimum absolute atomic E-state index is 0.0521. The van der Waals surface area contributed by atoms with Gasteiger partial charge in [0, 0.05) is 24.9 Å². The maximum Gasteiger partial charge on any atom is 0.370 e. The van der Waals surface area contributed by atoms with Crippen molar-refractivity contribution >= 4 is 17.2 Å². The Hall–Kier alpha value is -1.92. The monoisotopic (exact) mass is 403 g/mol. The molecule has 0 saturated carbocycles. The van der Waals surface area contributed by atoms with Crippen LogP contribution in [0.25, 0.3) is 0 Å². The Balaban J connectivity index is 1.48. The molecule has 1 N–H and O–H groups in total. The number of aliphatic hydroxyl groups is 1. The predicted molar refractivity (Wildman–Crippen MR) is 110 cm³/mol. The van der Waals surface area contributed by atoms with E-state index < -0.39 is 5.82 Å². The second kappa shape index (κ2) is 8.62. The summed E-state index contributed by atoms with van der Waals surface area (Å²) in [5.41, 5.74) is 1.32. The topological polar surface area (TPSA) is 35.7 Å². The number of halogens is 1. The highest BCUT2D eigenvalue weighted by Crippen LogP contribution is 2.23. The van der Waals surface area contributed by atoms with Crippen LogP contribution >= 0.6 is 11.3 Å². The van der Waals surface area contributed by atoms with Crippen molar-refractivity contribution in [3.05, 3.63) is 52.0 Å². The van der Waals surface area contributed by atoms with Crippen LogP contribution in [-0.2, 0) is 6.61 Å². The van der Waals surface area contributed by atoms with Crippen molar-refractivity contribution in [1.82, 2.24) is 4.90 Å². The molecule has 0 amide bonds. The molecular weight excluding hydrogens is 375 g/mol. The van der Waals surface area contributed by atoms with E-state index in [0.29, 0.717) is 18.4 Å². The second-order valence-corrected chi connectivity index (χ2v) is 8.64. The molecule has 2 aromatic rings. The number of thiophene rings is 1. The molecule has 2 saturated heterocycles. The van der Waals surface area contributed by atoms with Crippen molar-refractivity contribution in [2.24, 2.45) is 0 Å². The van der Waals surface area contributed by atoms with E-state index in [4.69, 9.17) is 4.74 Å². The highest BCUT2D eigenvalue weighted by molar-refractivity contribution is 7.07. The van der Waals surface area contributed by atoms with Crippen LogP contribution in [0, 0.1) is 5.82 Å². The van der Waals surface area contributed by atoms with Gasteiger partial charge in [0.05, 0.1) is 6.54 Å². The summed E-state index contributed by atoms with van der Waals surface area (Å²) >= 11 is 1.61. The van der Waals surface area contributed by atoms with Crippen LogP contribution in [0.1, 0.15) is 43.7 Å². The van der Waals surface area contributed by atoms with Crippen LogP contribution in [0.4, 0.5) is 4.39 Å². The van der Waals surface area contributed by atoms with Crippen LogP contribution in [0.5, 0.6) is 5.75 Å². The molecule has 1 aromatic heterocycles. The van der Waals surface area contributed by atoms with Crippen molar-refractivity contribution in [2.45, 2.75) is 51.3 Å². The van der Waals surface area contributed by atoms with Crippen LogP contribution in [-0.4, -0.2) is 52.2 Å². The smallest absolute Gasteiger partial charge is 0.370 e. The van der Waals surface area contributed by atoms with E-state index in [9.17, 15) is 9.50 Å². The zero-order chi connectivity index (χ0) is 19.5. The van der Waals surface area contributed by atoms with Gasteiger partial charge in [0.25, 0.3) is 0 Å². The molecule has 28 heavy (non-hydrogen) atoms. The first-order valence-electron chi connectivity index (χ1n) is 10.1. The molecule has 6 heteroatoms. The number of benzene rings is 1. The quantitative estimate of drug-likeness (QED) is 0.573. The van der Waals surface area contributed by atoms with Crippen molar-refractivity contribution in [3.63, 3.8) is 0 Å². The van der Waals surface area contributed by atoms with Gasteiger partial charge in [-0.3, -0.25) is 4.90 Å². The fourth-order valence-electron chi connectivity index (χ4n) is 4.30. The minimum atomic E-state index is -0.444. The van der Waals surface area contributed by atoms with Crippen LogP contribution in [0.3, 0.4) is 0 Å². The van der Waals surface area contributed by atoms with E-state index in [1.54, 1.807) is 23.5 Å². The van der Waals surface area contributed by atoms with E-state index in [1.807, 2.05) is 21.4 Å². The van der Waals surface area contributed by atoms with Gasteiger partial charge in [-0.05, 0) is 60.8 Å². The normalized spacial score (nSPS) is 24.6. The van der Waals surface area contributed by atoms with Gasteiger partial charge in [0.2, 0.25) is 0 Å². The van der Waals surface area contributed by atoms with Gasteiger partial charge in [-0.1, -0.05) is 0 Å². The SMILES string of the molecule is CC1CCCN1CC1CCC[N+]1=C(O)c1ccc(OCc2ccsc2)cc1F. The summed E-state index contributed by atoms with van der Waals surface area (Å²) in [6.07, 6.45) is 4.55. The summed E-state index contributed by atoms with van der Waals surface area (Å²) in [5.74, 6) is 0.0841. The van der Waals surface area contributed by atoms with Crippen LogP contribution in [0.15, 0.2) is 35.0 Å². The highest BCUT2D eigenvalue weighted by atomic mass is 32.1. The van der Waals surface area contributed by atoms with Crippen molar-refractivity contribution in [3.8, 4) is 5.75 Å². The van der Waals surface area contributed by atoms with Crippen LogP contribution < -0.4 is 4.74 Å². The Morgan fingerprint density at radius 2 is 2.21 bits per heavy atom. The van der Waals surface area contributed by atoms with E-state index in [1.165, 1.54) is 18.9 Å². The summed E-state index contributed by atoms with van der Waals surface area (Å²) in [6, 6.07) is 7.56. The van der Waals surface area contributed by atoms with Gasteiger partial charge in [-0.25, -0.2) is 4.39 Å². The third-order valence-corrected chi connectivity index (χ3v) is 6.68. The molecule has 2 fully saturated rings. The Labute approximate surface area is 169 Å². The predicted octanol–water partition coefficient (Wildman–Crippen LogP) is 4.43. The lowest BCUT2D eigenvalue weighted by Gasteiger charge is -2.22. The first-order chi connectivity index (χ1) is 13.6. The minimum Gasteiger partial charge on any atom is -0.489 e. The van der Waals surface area contributed by atoms with Gasteiger partial charge in [-0.15, -0.1) is 0 Å². The van der Waals surface area contributed by atoms with Crippen molar-refractivity contribution in [2.75, 3.05) is 19.6 Å². The lowest BCUT2D eigenvalue weighted by atomic mass is 10.1. The molecule has 4 nitrogen and oxygen atoms in total. The van der Waals surface area contributed by atoms with E-state index in [-0.39, 0.29) is 17.5 Å². The molecule has 0 radical (unpaired) electrons. The third kappa shape index (κ3) is 4.23. The molecule has 0 aliphatic carbocycles.